The molecule has 1 atom stereocenters. The fourth-order valence-electron chi connectivity index (χ4n) is 2.49. The molecule has 1 unspecified atom stereocenters. The number of hydrogen-bond acceptors (Lipinski definition) is 6. The predicted octanol–water partition coefficient (Wildman–Crippen LogP) is 2.88. The van der Waals surface area contributed by atoms with Crippen molar-refractivity contribution in [2.75, 3.05) is 32.8 Å². The molecule has 0 aliphatic carbocycles. The highest BCUT2D eigenvalue weighted by Crippen LogP contribution is 2.26. The van der Waals surface area contributed by atoms with Crippen LogP contribution in [0.3, 0.4) is 0 Å². The van der Waals surface area contributed by atoms with E-state index in [-0.39, 0.29) is 18.6 Å². The third kappa shape index (κ3) is 5.30. The van der Waals surface area contributed by atoms with Crippen LogP contribution in [0.5, 0.6) is 5.88 Å². The zero-order valence-corrected chi connectivity index (χ0v) is 13.9. The summed E-state index contributed by atoms with van der Waals surface area (Å²) in [4.78, 5) is 8.74. The highest BCUT2D eigenvalue weighted by molar-refractivity contribution is 5.42. The van der Waals surface area contributed by atoms with Crippen molar-refractivity contribution in [1.82, 2.24) is 14.9 Å². The Morgan fingerprint density at radius 3 is 3.00 bits per heavy atom. The van der Waals surface area contributed by atoms with Crippen LogP contribution in [-0.4, -0.2) is 53.8 Å². The molecule has 0 aromatic carbocycles. The highest BCUT2D eigenvalue weighted by Gasteiger charge is 2.35. The first-order valence-corrected chi connectivity index (χ1v) is 8.08. The molecule has 1 saturated heterocycles. The van der Waals surface area contributed by atoms with E-state index in [9.17, 15) is 13.2 Å². The molecule has 0 spiro atoms. The molecule has 0 N–H and O–H groups in total. The smallest absolute Gasteiger partial charge is 0.451 e. The maximum absolute atomic E-state index is 12.6. The summed E-state index contributed by atoms with van der Waals surface area (Å²) in [5.74, 6) is -0.558. The van der Waals surface area contributed by atoms with E-state index < -0.39 is 12.0 Å². The zero-order chi connectivity index (χ0) is 18.4. The van der Waals surface area contributed by atoms with Crippen molar-refractivity contribution in [1.29, 1.82) is 0 Å². The lowest BCUT2D eigenvalue weighted by molar-refractivity contribution is -0.145. The second-order valence-electron chi connectivity index (χ2n) is 5.70. The molecule has 2 aromatic heterocycles. The van der Waals surface area contributed by atoms with Gasteiger partial charge in [0.25, 0.3) is 0 Å². The van der Waals surface area contributed by atoms with E-state index in [0.29, 0.717) is 19.7 Å². The molecule has 6 nitrogen and oxygen atoms in total. The second kappa shape index (κ2) is 8.33. The third-order valence-corrected chi connectivity index (χ3v) is 3.71. The van der Waals surface area contributed by atoms with Gasteiger partial charge in [0.2, 0.25) is 11.7 Å². The van der Waals surface area contributed by atoms with Crippen molar-refractivity contribution in [3.05, 3.63) is 48.3 Å². The van der Waals surface area contributed by atoms with Crippen LogP contribution in [0.4, 0.5) is 13.2 Å². The van der Waals surface area contributed by atoms with Gasteiger partial charge in [-0.1, -0.05) is 6.08 Å². The SMILES string of the molecule is FC(F)(F)c1nccc(OCC2CN(CC=Cc3ccco3)CCO2)n1. The maximum atomic E-state index is 12.6. The molecule has 9 heteroatoms. The largest absolute Gasteiger partial charge is 0.475 e. The summed E-state index contributed by atoms with van der Waals surface area (Å²) in [5.41, 5.74) is 0. The molecule has 26 heavy (non-hydrogen) atoms. The minimum Gasteiger partial charge on any atom is -0.475 e. The van der Waals surface area contributed by atoms with Crippen LogP contribution in [0.2, 0.25) is 0 Å². The Hall–Kier alpha value is -2.39. The molecule has 0 radical (unpaired) electrons. The summed E-state index contributed by atoms with van der Waals surface area (Å²) in [6.07, 6.45) is 1.67. The van der Waals surface area contributed by atoms with Crippen LogP contribution in [0.25, 0.3) is 6.08 Å². The van der Waals surface area contributed by atoms with Gasteiger partial charge in [0.05, 0.1) is 12.9 Å². The number of ether oxygens (including phenoxy) is 2. The van der Waals surface area contributed by atoms with Crippen LogP contribution < -0.4 is 4.74 Å². The van der Waals surface area contributed by atoms with E-state index in [1.807, 2.05) is 24.3 Å². The summed E-state index contributed by atoms with van der Waals surface area (Å²) >= 11 is 0. The molecule has 3 rings (SSSR count). The predicted molar refractivity (Wildman–Crippen MR) is 86.5 cm³/mol. The first kappa shape index (κ1) is 18.4. The molecule has 140 valence electrons. The van der Waals surface area contributed by atoms with Gasteiger partial charge in [0.1, 0.15) is 18.5 Å². The van der Waals surface area contributed by atoms with E-state index in [4.69, 9.17) is 13.9 Å². The Bertz CT molecular complexity index is 720. The molecule has 2 aromatic rings. The number of alkyl halides is 3. The van der Waals surface area contributed by atoms with Crippen LogP contribution in [-0.2, 0) is 10.9 Å². The van der Waals surface area contributed by atoms with Crippen molar-refractivity contribution >= 4 is 6.08 Å². The summed E-state index contributed by atoms with van der Waals surface area (Å²) in [6, 6.07) is 4.98. The Labute approximate surface area is 148 Å². The number of halogens is 3. The molecule has 1 aliphatic rings. The van der Waals surface area contributed by atoms with Gasteiger partial charge in [-0.3, -0.25) is 4.90 Å². The lowest BCUT2D eigenvalue weighted by Crippen LogP contribution is -2.44. The first-order chi connectivity index (χ1) is 12.5. The van der Waals surface area contributed by atoms with Gasteiger partial charge in [-0.2, -0.15) is 18.2 Å². The van der Waals surface area contributed by atoms with Crippen LogP contribution in [0.1, 0.15) is 11.6 Å². The molecule has 1 aliphatic heterocycles. The van der Waals surface area contributed by atoms with Crippen LogP contribution >= 0.6 is 0 Å². The molecule has 0 saturated carbocycles. The number of hydrogen-bond donors (Lipinski definition) is 0. The fourth-order valence-corrected chi connectivity index (χ4v) is 2.49. The topological polar surface area (TPSA) is 60.6 Å². The van der Waals surface area contributed by atoms with Gasteiger partial charge >= 0.3 is 6.18 Å². The van der Waals surface area contributed by atoms with E-state index >= 15 is 0 Å². The number of morpholine rings is 1. The molecule has 1 fully saturated rings. The monoisotopic (exact) mass is 369 g/mol. The summed E-state index contributed by atoms with van der Waals surface area (Å²) in [7, 11) is 0. The Morgan fingerprint density at radius 2 is 2.23 bits per heavy atom. The molecular weight excluding hydrogens is 351 g/mol. The van der Waals surface area contributed by atoms with Gasteiger partial charge in [-0.05, 0) is 18.2 Å². The molecule has 0 bridgehead atoms. The van der Waals surface area contributed by atoms with Crippen LogP contribution in [0.15, 0.2) is 41.2 Å². The highest BCUT2D eigenvalue weighted by atomic mass is 19.4. The normalized spacial score (nSPS) is 19.1. The van der Waals surface area contributed by atoms with Gasteiger partial charge in [-0.25, -0.2) is 4.98 Å². The van der Waals surface area contributed by atoms with Gasteiger partial charge in [-0.15, -0.1) is 0 Å². The number of furan rings is 1. The summed E-state index contributed by atoms with van der Waals surface area (Å²) in [6.45, 7) is 2.74. The van der Waals surface area contributed by atoms with E-state index in [2.05, 4.69) is 14.9 Å². The zero-order valence-electron chi connectivity index (χ0n) is 13.9. The van der Waals surface area contributed by atoms with Gasteiger partial charge in [0.15, 0.2) is 0 Å². The van der Waals surface area contributed by atoms with E-state index in [1.54, 1.807) is 6.26 Å². The van der Waals surface area contributed by atoms with Crippen molar-refractivity contribution in [2.24, 2.45) is 0 Å². The standard InChI is InChI=1S/C17H18F3N3O3/c18-17(19,20)16-21-6-5-15(22-16)26-12-14-11-23(8-10-25-14)7-1-3-13-4-2-9-24-13/h1-6,9,14H,7-8,10-12H2. The Kier molecular flexibility index (Phi) is 5.89. The Morgan fingerprint density at radius 1 is 1.35 bits per heavy atom. The van der Waals surface area contributed by atoms with Crippen molar-refractivity contribution < 1.29 is 27.1 Å². The molecule has 3 heterocycles. The van der Waals surface area contributed by atoms with E-state index in [1.165, 1.54) is 6.07 Å². The molecule has 0 amide bonds. The lowest BCUT2D eigenvalue weighted by atomic mass is 10.2. The second-order valence-corrected chi connectivity index (χ2v) is 5.70. The van der Waals surface area contributed by atoms with E-state index in [0.717, 1.165) is 18.5 Å². The third-order valence-electron chi connectivity index (χ3n) is 3.71. The van der Waals surface area contributed by atoms with Gasteiger partial charge < -0.3 is 13.9 Å². The van der Waals surface area contributed by atoms with Crippen molar-refractivity contribution in [3.63, 3.8) is 0 Å². The first-order valence-electron chi connectivity index (χ1n) is 8.08. The number of aromatic nitrogens is 2. The lowest BCUT2D eigenvalue weighted by Gasteiger charge is -2.31. The number of rotatable bonds is 6. The molecular formula is C17H18F3N3O3. The minimum atomic E-state index is -4.60. The average molecular weight is 369 g/mol. The maximum Gasteiger partial charge on any atom is 0.451 e. The average Bonchev–Trinajstić information content (AvgIpc) is 3.13. The number of nitrogens with zero attached hydrogens (tertiary/aromatic N) is 3. The quantitative estimate of drug-likeness (QED) is 0.780. The Balaban J connectivity index is 1.48. The van der Waals surface area contributed by atoms with Crippen molar-refractivity contribution in [3.8, 4) is 5.88 Å². The van der Waals surface area contributed by atoms with Gasteiger partial charge in [0, 0.05) is 31.9 Å². The summed E-state index contributed by atoms with van der Waals surface area (Å²) < 4.78 is 54.0. The van der Waals surface area contributed by atoms with Crippen LogP contribution in [0, 0.1) is 0 Å². The minimum absolute atomic E-state index is 0.118. The fraction of sp³-hybridized carbons (Fsp3) is 0.412. The summed E-state index contributed by atoms with van der Waals surface area (Å²) in [5, 5.41) is 0. The van der Waals surface area contributed by atoms with Crippen molar-refractivity contribution in [2.45, 2.75) is 12.3 Å².